The van der Waals surface area contributed by atoms with Gasteiger partial charge in [-0.1, -0.05) is 20.8 Å². The first-order valence-electron chi connectivity index (χ1n) is 8.27. The van der Waals surface area contributed by atoms with E-state index in [-0.39, 0.29) is 0 Å². The van der Waals surface area contributed by atoms with Gasteiger partial charge in [0.1, 0.15) is 0 Å². The second-order valence-electron chi connectivity index (χ2n) is 5.79. The van der Waals surface area contributed by atoms with Crippen LogP contribution in [-0.2, 0) is 6.54 Å². The third kappa shape index (κ3) is 4.32. The fourth-order valence-electron chi connectivity index (χ4n) is 2.82. The van der Waals surface area contributed by atoms with Crippen molar-refractivity contribution in [1.29, 1.82) is 0 Å². The van der Waals surface area contributed by atoms with Crippen LogP contribution < -0.4 is 5.32 Å². The van der Waals surface area contributed by atoms with Crippen LogP contribution in [0.3, 0.4) is 0 Å². The molecule has 0 aromatic carbocycles. The molecule has 114 valence electrons. The van der Waals surface area contributed by atoms with Crippen LogP contribution >= 0.6 is 0 Å². The molecule has 20 heavy (non-hydrogen) atoms. The van der Waals surface area contributed by atoms with Gasteiger partial charge in [-0.3, -0.25) is 9.58 Å². The summed E-state index contributed by atoms with van der Waals surface area (Å²) in [5.74, 6) is 0. The number of hydrogen-bond acceptors (Lipinski definition) is 3. The Hall–Kier alpha value is -0.870. The molecule has 1 fully saturated rings. The lowest BCUT2D eigenvalue weighted by atomic mass is 10.2. The van der Waals surface area contributed by atoms with Crippen LogP contribution in [0.2, 0.25) is 0 Å². The van der Waals surface area contributed by atoms with Crippen molar-refractivity contribution in [3.8, 4) is 0 Å². The van der Waals surface area contributed by atoms with E-state index in [9.17, 15) is 0 Å². The Morgan fingerprint density at radius 2 is 2.10 bits per heavy atom. The van der Waals surface area contributed by atoms with Crippen molar-refractivity contribution in [3.63, 3.8) is 0 Å². The van der Waals surface area contributed by atoms with Crippen LogP contribution in [0.4, 0.5) is 0 Å². The lowest BCUT2D eigenvalue weighted by Crippen LogP contribution is -2.33. The van der Waals surface area contributed by atoms with Crippen molar-refractivity contribution in [2.45, 2.75) is 65.1 Å². The first-order chi connectivity index (χ1) is 9.78. The predicted molar refractivity (Wildman–Crippen MR) is 83.8 cm³/mol. The number of rotatable bonds is 10. The van der Waals surface area contributed by atoms with Crippen molar-refractivity contribution in [2.75, 3.05) is 19.6 Å². The quantitative estimate of drug-likeness (QED) is 0.668. The summed E-state index contributed by atoms with van der Waals surface area (Å²) < 4.78 is 2.12. The average molecular weight is 278 g/mol. The van der Waals surface area contributed by atoms with Crippen LogP contribution in [0.25, 0.3) is 0 Å². The van der Waals surface area contributed by atoms with E-state index >= 15 is 0 Å². The summed E-state index contributed by atoms with van der Waals surface area (Å²) in [4.78, 5) is 2.58. The second kappa shape index (κ2) is 7.79. The zero-order valence-corrected chi connectivity index (χ0v) is 13.3. The zero-order chi connectivity index (χ0) is 14.4. The molecule has 0 bridgehead atoms. The van der Waals surface area contributed by atoms with Crippen molar-refractivity contribution in [2.24, 2.45) is 0 Å². The van der Waals surface area contributed by atoms with E-state index in [1.54, 1.807) is 0 Å². The van der Waals surface area contributed by atoms with Crippen molar-refractivity contribution >= 4 is 0 Å². The maximum Gasteiger partial charge on any atom is 0.0762 e. The van der Waals surface area contributed by atoms with E-state index in [1.165, 1.54) is 19.4 Å². The van der Waals surface area contributed by atoms with E-state index < -0.39 is 0 Å². The van der Waals surface area contributed by atoms with Crippen molar-refractivity contribution in [3.05, 3.63) is 18.0 Å². The smallest absolute Gasteiger partial charge is 0.0762 e. The highest BCUT2D eigenvalue weighted by Gasteiger charge is 2.26. The van der Waals surface area contributed by atoms with Crippen LogP contribution in [0, 0.1) is 0 Å². The van der Waals surface area contributed by atoms with Gasteiger partial charge >= 0.3 is 0 Å². The summed E-state index contributed by atoms with van der Waals surface area (Å²) in [5.41, 5.74) is 1.16. The summed E-state index contributed by atoms with van der Waals surface area (Å²) in [6.45, 7) is 11.0. The van der Waals surface area contributed by atoms with Crippen LogP contribution in [0.1, 0.15) is 58.2 Å². The molecule has 4 heteroatoms. The molecule has 2 rings (SSSR count). The van der Waals surface area contributed by atoms with Gasteiger partial charge in [-0.25, -0.2) is 0 Å². The third-order valence-electron chi connectivity index (χ3n) is 4.33. The Bertz CT molecular complexity index is 380. The Labute approximate surface area is 123 Å². The Morgan fingerprint density at radius 1 is 1.35 bits per heavy atom. The highest BCUT2D eigenvalue weighted by molar-refractivity contribution is 4.99. The Balaban J connectivity index is 1.68. The second-order valence-corrected chi connectivity index (χ2v) is 5.79. The van der Waals surface area contributed by atoms with Gasteiger partial charge in [-0.2, -0.15) is 5.10 Å². The molecule has 0 aliphatic heterocycles. The van der Waals surface area contributed by atoms with Gasteiger partial charge in [0.2, 0.25) is 0 Å². The van der Waals surface area contributed by atoms with E-state index in [2.05, 4.69) is 53.0 Å². The van der Waals surface area contributed by atoms with Crippen LogP contribution in [0.15, 0.2) is 12.3 Å². The lowest BCUT2D eigenvalue weighted by molar-refractivity contribution is 0.276. The van der Waals surface area contributed by atoms with E-state index in [1.807, 2.05) is 0 Å². The maximum absolute atomic E-state index is 4.68. The van der Waals surface area contributed by atoms with Gasteiger partial charge in [0, 0.05) is 31.9 Å². The van der Waals surface area contributed by atoms with Crippen LogP contribution in [0.5, 0.6) is 0 Å². The number of aromatic nitrogens is 2. The van der Waals surface area contributed by atoms with Gasteiger partial charge < -0.3 is 5.32 Å². The molecule has 0 amide bonds. The molecule has 1 heterocycles. The molecule has 0 saturated heterocycles. The summed E-state index contributed by atoms with van der Waals surface area (Å²) in [6.07, 6.45) is 7.22. The fourth-order valence-corrected chi connectivity index (χ4v) is 2.82. The minimum atomic E-state index is 0.550. The van der Waals surface area contributed by atoms with Gasteiger partial charge in [-0.15, -0.1) is 0 Å². The minimum absolute atomic E-state index is 0.550. The minimum Gasteiger partial charge on any atom is -0.310 e. The molecule has 0 unspecified atom stereocenters. The third-order valence-corrected chi connectivity index (χ3v) is 4.33. The monoisotopic (exact) mass is 278 g/mol. The highest BCUT2D eigenvalue weighted by atomic mass is 15.3. The first kappa shape index (κ1) is 15.5. The molecule has 1 aromatic heterocycles. The molecule has 1 N–H and O–H groups in total. The van der Waals surface area contributed by atoms with Gasteiger partial charge in [0.15, 0.2) is 0 Å². The first-order valence-corrected chi connectivity index (χ1v) is 8.27. The molecular weight excluding hydrogens is 248 g/mol. The molecule has 1 saturated carbocycles. The van der Waals surface area contributed by atoms with E-state index in [0.29, 0.717) is 6.04 Å². The van der Waals surface area contributed by atoms with Gasteiger partial charge in [-0.05, 0) is 38.3 Å². The molecule has 1 aromatic rings. The van der Waals surface area contributed by atoms with Gasteiger partial charge in [0.25, 0.3) is 0 Å². The van der Waals surface area contributed by atoms with Crippen LogP contribution in [-0.4, -0.2) is 40.4 Å². The molecular formula is C16H30N4. The van der Waals surface area contributed by atoms with Crippen molar-refractivity contribution < 1.29 is 0 Å². The summed E-state index contributed by atoms with van der Waals surface area (Å²) in [5, 5.41) is 8.20. The molecule has 4 nitrogen and oxygen atoms in total. The molecule has 1 aliphatic rings. The number of nitrogens with zero attached hydrogens (tertiary/aromatic N) is 3. The standard InChI is InChI=1S/C16H30N4/c1-4-15(5-2)20-11-9-14(18-20)13-17-10-12-19(6-3)16-7-8-16/h9,11,15-17H,4-8,10,12-13H2,1-3H3. The normalized spacial score (nSPS) is 15.4. The molecule has 0 spiro atoms. The van der Waals surface area contributed by atoms with Gasteiger partial charge in [0.05, 0.1) is 11.7 Å². The van der Waals surface area contributed by atoms with Crippen molar-refractivity contribution in [1.82, 2.24) is 20.0 Å². The topological polar surface area (TPSA) is 33.1 Å². The van der Waals surface area contributed by atoms with E-state index in [4.69, 9.17) is 0 Å². The predicted octanol–water partition coefficient (Wildman–Crippen LogP) is 2.82. The largest absolute Gasteiger partial charge is 0.310 e. The summed E-state index contributed by atoms with van der Waals surface area (Å²) in [7, 11) is 0. The molecule has 1 aliphatic carbocycles. The number of likely N-dealkylation sites (N-methyl/N-ethyl adjacent to an activating group) is 1. The Kier molecular flexibility index (Phi) is 6.05. The number of nitrogens with one attached hydrogen (secondary N) is 1. The SMILES string of the molecule is CCC(CC)n1ccc(CNCCN(CC)C2CC2)n1. The Morgan fingerprint density at radius 3 is 2.70 bits per heavy atom. The maximum atomic E-state index is 4.68. The highest BCUT2D eigenvalue weighted by Crippen LogP contribution is 2.25. The summed E-state index contributed by atoms with van der Waals surface area (Å²) in [6, 6.07) is 3.56. The van der Waals surface area contributed by atoms with E-state index in [0.717, 1.165) is 44.2 Å². The molecule has 0 radical (unpaired) electrons. The average Bonchev–Trinajstić information content (AvgIpc) is 3.20. The lowest BCUT2D eigenvalue weighted by Gasteiger charge is -2.19. The summed E-state index contributed by atoms with van der Waals surface area (Å²) >= 11 is 0. The molecule has 0 atom stereocenters. The number of hydrogen-bond donors (Lipinski definition) is 1. The zero-order valence-electron chi connectivity index (χ0n) is 13.3. The fraction of sp³-hybridized carbons (Fsp3) is 0.812.